The normalized spacial score (nSPS) is 10.2. The van der Waals surface area contributed by atoms with Gasteiger partial charge in [-0.1, -0.05) is 35.2 Å². The summed E-state index contributed by atoms with van der Waals surface area (Å²) in [6.45, 7) is 0.336. The van der Waals surface area contributed by atoms with Crippen LogP contribution in [0.5, 0.6) is 0 Å². The molecule has 22 heavy (non-hydrogen) atoms. The van der Waals surface area contributed by atoms with E-state index >= 15 is 0 Å². The molecular weight excluding hydrogens is 324 g/mol. The van der Waals surface area contributed by atoms with Crippen molar-refractivity contribution in [1.82, 2.24) is 15.5 Å². The molecule has 1 aromatic carbocycles. The maximum absolute atomic E-state index is 11.8. The second-order valence-corrected chi connectivity index (χ2v) is 6.40. The van der Waals surface area contributed by atoms with Crippen LogP contribution in [0.1, 0.15) is 15.9 Å². The van der Waals surface area contributed by atoms with Gasteiger partial charge in [0.05, 0.1) is 18.4 Å². The Bertz CT molecular complexity index is 675. The summed E-state index contributed by atoms with van der Waals surface area (Å²) >= 11 is 2.51. The lowest BCUT2D eigenvalue weighted by molar-refractivity contribution is -0.118. The van der Waals surface area contributed by atoms with Crippen molar-refractivity contribution in [1.29, 1.82) is 0 Å². The zero-order valence-corrected chi connectivity index (χ0v) is 13.4. The van der Waals surface area contributed by atoms with Crippen molar-refractivity contribution in [3.05, 3.63) is 35.4 Å². The van der Waals surface area contributed by atoms with Gasteiger partial charge in [-0.15, -0.1) is 10.2 Å². The molecule has 9 heteroatoms. The zero-order chi connectivity index (χ0) is 15.9. The number of carbonyl (C=O) groups excluding carboxylic acids is 2. The van der Waals surface area contributed by atoms with Crippen molar-refractivity contribution >= 4 is 40.1 Å². The quantitative estimate of drug-likeness (QED) is 0.604. The highest BCUT2D eigenvalue weighted by molar-refractivity contribution is 8.01. The SMILES string of the molecule is COC(=O)c1cccc(CNC(=O)CSc2nnc(N)s2)c1. The first-order valence-electron chi connectivity index (χ1n) is 6.24. The Hall–Kier alpha value is -2.13. The van der Waals surface area contributed by atoms with E-state index in [4.69, 9.17) is 5.73 Å². The molecule has 1 heterocycles. The fourth-order valence-corrected chi connectivity index (χ4v) is 3.05. The molecule has 0 bridgehead atoms. The molecule has 0 saturated carbocycles. The Kier molecular flexibility index (Phi) is 5.73. The number of hydrogen-bond acceptors (Lipinski definition) is 8. The van der Waals surface area contributed by atoms with Crippen molar-refractivity contribution < 1.29 is 14.3 Å². The fraction of sp³-hybridized carbons (Fsp3) is 0.231. The molecule has 0 unspecified atom stereocenters. The number of nitrogen functional groups attached to an aromatic ring is 1. The van der Waals surface area contributed by atoms with Gasteiger partial charge in [0.2, 0.25) is 11.0 Å². The van der Waals surface area contributed by atoms with Crippen molar-refractivity contribution in [2.45, 2.75) is 10.9 Å². The van der Waals surface area contributed by atoms with E-state index in [1.807, 2.05) is 6.07 Å². The van der Waals surface area contributed by atoms with E-state index in [2.05, 4.69) is 20.3 Å². The van der Waals surface area contributed by atoms with Crippen LogP contribution in [-0.4, -0.2) is 34.9 Å². The minimum atomic E-state index is -0.405. The van der Waals surface area contributed by atoms with Crippen LogP contribution < -0.4 is 11.1 Å². The number of hydrogen-bond donors (Lipinski definition) is 2. The second kappa shape index (κ2) is 7.76. The molecule has 2 aromatic rings. The number of nitrogens with one attached hydrogen (secondary N) is 1. The van der Waals surface area contributed by atoms with Crippen LogP contribution >= 0.6 is 23.1 Å². The lowest BCUT2D eigenvalue weighted by Crippen LogP contribution is -2.24. The standard InChI is InChI=1S/C13H14N4O3S2/c1-20-11(19)9-4-2-3-8(5-9)6-15-10(18)7-21-13-17-16-12(14)22-13/h2-5H,6-7H2,1H3,(H2,14,16)(H,15,18). The maximum Gasteiger partial charge on any atom is 0.337 e. The Morgan fingerprint density at radius 1 is 1.41 bits per heavy atom. The van der Waals surface area contributed by atoms with Gasteiger partial charge in [0, 0.05) is 6.54 Å². The lowest BCUT2D eigenvalue weighted by Gasteiger charge is -2.06. The van der Waals surface area contributed by atoms with Gasteiger partial charge in [0.15, 0.2) is 4.34 Å². The monoisotopic (exact) mass is 338 g/mol. The first-order chi connectivity index (χ1) is 10.6. The number of methoxy groups -OCH3 is 1. The van der Waals surface area contributed by atoms with Crippen LogP contribution in [0, 0.1) is 0 Å². The van der Waals surface area contributed by atoms with E-state index in [0.717, 1.165) is 5.56 Å². The first-order valence-corrected chi connectivity index (χ1v) is 8.04. The number of benzene rings is 1. The highest BCUT2D eigenvalue weighted by atomic mass is 32.2. The summed E-state index contributed by atoms with van der Waals surface area (Å²) in [5, 5.41) is 10.6. The van der Waals surface area contributed by atoms with Gasteiger partial charge in [-0.05, 0) is 17.7 Å². The van der Waals surface area contributed by atoms with E-state index in [0.29, 0.717) is 21.6 Å². The van der Waals surface area contributed by atoms with Crippen molar-refractivity contribution in [3.8, 4) is 0 Å². The van der Waals surface area contributed by atoms with Crippen molar-refractivity contribution in [3.63, 3.8) is 0 Å². The van der Waals surface area contributed by atoms with Gasteiger partial charge >= 0.3 is 5.97 Å². The molecule has 0 fully saturated rings. The Morgan fingerprint density at radius 3 is 2.91 bits per heavy atom. The number of carbonyl (C=O) groups is 2. The highest BCUT2D eigenvalue weighted by Crippen LogP contribution is 2.22. The molecule has 0 aliphatic carbocycles. The predicted molar refractivity (Wildman–Crippen MR) is 84.7 cm³/mol. The molecule has 0 aliphatic heterocycles. The molecule has 1 amide bonds. The number of ether oxygens (including phenoxy) is 1. The van der Waals surface area contributed by atoms with Crippen LogP contribution in [-0.2, 0) is 16.1 Å². The Labute approximate surface area is 135 Å². The molecule has 1 aromatic heterocycles. The number of esters is 1. The highest BCUT2D eigenvalue weighted by Gasteiger charge is 2.08. The van der Waals surface area contributed by atoms with Gasteiger partial charge in [0.1, 0.15) is 0 Å². The van der Waals surface area contributed by atoms with Crippen LogP contribution in [0.4, 0.5) is 5.13 Å². The van der Waals surface area contributed by atoms with Crippen LogP contribution in [0.3, 0.4) is 0 Å². The molecule has 7 nitrogen and oxygen atoms in total. The molecule has 0 spiro atoms. The van der Waals surface area contributed by atoms with E-state index in [-0.39, 0.29) is 11.7 Å². The van der Waals surface area contributed by atoms with Gasteiger partial charge < -0.3 is 15.8 Å². The maximum atomic E-state index is 11.8. The number of nitrogens with two attached hydrogens (primary N) is 1. The third kappa shape index (κ3) is 4.71. The van der Waals surface area contributed by atoms with Gasteiger partial charge in [-0.25, -0.2) is 4.79 Å². The Balaban J connectivity index is 1.82. The number of amides is 1. The average Bonchev–Trinajstić information content (AvgIpc) is 2.96. The molecule has 116 valence electrons. The lowest BCUT2D eigenvalue weighted by atomic mass is 10.1. The van der Waals surface area contributed by atoms with Crippen LogP contribution in [0.15, 0.2) is 28.6 Å². The Morgan fingerprint density at radius 2 is 2.23 bits per heavy atom. The summed E-state index contributed by atoms with van der Waals surface area (Å²) < 4.78 is 5.31. The van der Waals surface area contributed by atoms with Crippen molar-refractivity contribution in [2.75, 3.05) is 18.6 Å². The molecule has 0 radical (unpaired) electrons. The number of aromatic nitrogens is 2. The summed E-state index contributed by atoms with van der Waals surface area (Å²) in [5.41, 5.74) is 6.74. The summed E-state index contributed by atoms with van der Waals surface area (Å²) in [6, 6.07) is 6.91. The predicted octanol–water partition coefficient (Wildman–Crippen LogP) is 1.32. The third-order valence-corrected chi connectivity index (χ3v) is 4.47. The summed E-state index contributed by atoms with van der Waals surface area (Å²) in [7, 11) is 1.33. The molecule has 0 aliphatic rings. The largest absolute Gasteiger partial charge is 0.465 e. The van der Waals surface area contributed by atoms with Crippen molar-refractivity contribution in [2.24, 2.45) is 0 Å². The summed E-state index contributed by atoms with van der Waals surface area (Å²) in [4.78, 5) is 23.2. The van der Waals surface area contributed by atoms with Crippen LogP contribution in [0.2, 0.25) is 0 Å². The second-order valence-electron chi connectivity index (χ2n) is 4.16. The molecular formula is C13H14N4O3S2. The number of rotatable bonds is 6. The van der Waals surface area contributed by atoms with E-state index < -0.39 is 5.97 Å². The fourth-order valence-electron chi connectivity index (χ4n) is 1.58. The molecule has 3 N–H and O–H groups in total. The number of anilines is 1. The van der Waals surface area contributed by atoms with Gasteiger partial charge in [-0.2, -0.15) is 0 Å². The molecule has 0 saturated heterocycles. The molecule has 0 atom stereocenters. The third-order valence-electron chi connectivity index (χ3n) is 2.59. The number of thioether (sulfide) groups is 1. The van der Waals surface area contributed by atoms with E-state index in [1.165, 1.54) is 30.2 Å². The minimum absolute atomic E-state index is 0.137. The van der Waals surface area contributed by atoms with E-state index in [9.17, 15) is 9.59 Å². The summed E-state index contributed by atoms with van der Waals surface area (Å²) in [5.74, 6) is -0.314. The van der Waals surface area contributed by atoms with Gasteiger partial charge in [-0.3, -0.25) is 4.79 Å². The van der Waals surface area contributed by atoms with Crippen LogP contribution in [0.25, 0.3) is 0 Å². The summed E-state index contributed by atoms with van der Waals surface area (Å²) in [6.07, 6.45) is 0. The first kappa shape index (κ1) is 16.2. The number of nitrogens with zero attached hydrogens (tertiary/aromatic N) is 2. The zero-order valence-electron chi connectivity index (χ0n) is 11.7. The topological polar surface area (TPSA) is 107 Å². The van der Waals surface area contributed by atoms with Gasteiger partial charge in [0.25, 0.3) is 0 Å². The average molecular weight is 338 g/mol. The smallest absolute Gasteiger partial charge is 0.337 e. The molecule has 2 rings (SSSR count). The van der Waals surface area contributed by atoms with E-state index in [1.54, 1.807) is 18.2 Å². The minimum Gasteiger partial charge on any atom is -0.465 e.